The van der Waals surface area contributed by atoms with E-state index in [0.717, 1.165) is 11.1 Å². The first-order chi connectivity index (χ1) is 14.9. The van der Waals surface area contributed by atoms with Crippen molar-refractivity contribution in [3.05, 3.63) is 64.2 Å². The Hall–Kier alpha value is -2.97. The molecule has 1 fully saturated rings. The number of hydrogen-bond donors (Lipinski definition) is 0. The summed E-state index contributed by atoms with van der Waals surface area (Å²) >= 11 is 5.95. The molecular weight excluding hydrogens is 421 g/mol. The average Bonchev–Trinajstić information content (AvgIpc) is 3.31. The van der Waals surface area contributed by atoms with E-state index < -0.39 is 5.82 Å². The molecule has 4 heterocycles. The quantitative estimate of drug-likeness (QED) is 0.623. The van der Waals surface area contributed by atoms with Gasteiger partial charge in [0.05, 0.1) is 24.1 Å². The lowest BCUT2D eigenvalue weighted by Crippen LogP contribution is -2.39. The van der Waals surface area contributed by atoms with Crippen molar-refractivity contribution < 1.29 is 13.9 Å². The molecule has 3 aromatic rings. The van der Waals surface area contributed by atoms with E-state index in [1.54, 1.807) is 35.0 Å². The smallest absolute Gasteiger partial charge is 0.254 e. The zero-order valence-electron chi connectivity index (χ0n) is 17.2. The van der Waals surface area contributed by atoms with Crippen molar-refractivity contribution in [3.63, 3.8) is 0 Å². The number of rotatable bonds is 3. The highest BCUT2D eigenvalue weighted by molar-refractivity contribution is 6.30. The first-order valence-corrected chi connectivity index (χ1v) is 10.4. The molecule has 0 aliphatic carbocycles. The molecule has 1 amide bonds. The van der Waals surface area contributed by atoms with Crippen molar-refractivity contribution in [1.82, 2.24) is 19.7 Å². The molecule has 2 aliphatic heterocycles. The summed E-state index contributed by atoms with van der Waals surface area (Å²) in [7, 11) is 3.60. The fraction of sp³-hybridized carbons (Fsp3) is 0.318. The molecule has 2 aromatic heterocycles. The minimum absolute atomic E-state index is 0.0914. The first kappa shape index (κ1) is 20.0. The van der Waals surface area contributed by atoms with Crippen LogP contribution in [0.5, 0.6) is 0 Å². The Labute approximate surface area is 184 Å². The number of ether oxygens (including phenoxy) is 1. The summed E-state index contributed by atoms with van der Waals surface area (Å²) in [6, 6.07) is 6.33. The highest BCUT2D eigenvalue weighted by Crippen LogP contribution is 2.36. The van der Waals surface area contributed by atoms with Gasteiger partial charge in [-0.05, 0) is 24.3 Å². The normalized spacial score (nSPS) is 18.6. The maximum Gasteiger partial charge on any atom is 0.254 e. The number of carbonyl (C=O) groups is 1. The van der Waals surface area contributed by atoms with Gasteiger partial charge in [-0.1, -0.05) is 11.6 Å². The van der Waals surface area contributed by atoms with Crippen LogP contribution in [0.4, 0.5) is 10.2 Å². The molecule has 7 nitrogen and oxygen atoms in total. The Balaban J connectivity index is 1.57. The highest BCUT2D eigenvalue weighted by Gasteiger charge is 2.32. The van der Waals surface area contributed by atoms with Crippen LogP contribution in [0, 0.1) is 5.82 Å². The number of anilines is 1. The third kappa shape index (κ3) is 3.55. The molecule has 1 aromatic carbocycles. The second-order valence-corrected chi connectivity index (χ2v) is 8.33. The average molecular weight is 442 g/mol. The number of aromatic nitrogens is 3. The van der Waals surface area contributed by atoms with Crippen molar-refractivity contribution in [3.8, 4) is 11.3 Å². The maximum atomic E-state index is 14.8. The fourth-order valence-electron chi connectivity index (χ4n) is 4.16. The van der Waals surface area contributed by atoms with Gasteiger partial charge >= 0.3 is 0 Å². The number of amides is 1. The topological polar surface area (TPSA) is 63.5 Å². The molecule has 9 heteroatoms. The van der Waals surface area contributed by atoms with E-state index in [1.807, 2.05) is 19.3 Å². The van der Waals surface area contributed by atoms with Gasteiger partial charge in [-0.2, -0.15) is 5.10 Å². The van der Waals surface area contributed by atoms with Gasteiger partial charge < -0.3 is 14.5 Å². The predicted octanol–water partition coefficient (Wildman–Crippen LogP) is 3.44. The van der Waals surface area contributed by atoms with Gasteiger partial charge in [0, 0.05) is 61.6 Å². The predicted molar refractivity (Wildman–Crippen MR) is 115 cm³/mol. The number of nitrogens with zero attached hydrogens (tertiary/aromatic N) is 5. The monoisotopic (exact) mass is 441 g/mol. The molecule has 0 spiro atoms. The van der Waals surface area contributed by atoms with Gasteiger partial charge in [0.25, 0.3) is 5.91 Å². The molecule has 31 heavy (non-hydrogen) atoms. The molecule has 0 radical (unpaired) electrons. The van der Waals surface area contributed by atoms with Crippen LogP contribution >= 0.6 is 11.6 Å². The number of morpholine rings is 1. The van der Waals surface area contributed by atoms with Crippen LogP contribution in [0.3, 0.4) is 0 Å². The lowest BCUT2D eigenvalue weighted by molar-refractivity contribution is 0.0395. The summed E-state index contributed by atoms with van der Waals surface area (Å²) in [5.74, 6) is 0.0758. The van der Waals surface area contributed by atoms with Crippen LogP contribution in [-0.4, -0.2) is 52.3 Å². The van der Waals surface area contributed by atoms with Gasteiger partial charge in [-0.25, -0.2) is 9.37 Å². The van der Waals surface area contributed by atoms with E-state index in [9.17, 15) is 9.18 Å². The van der Waals surface area contributed by atoms with E-state index in [2.05, 4.69) is 10.00 Å². The Morgan fingerprint density at radius 2 is 2.06 bits per heavy atom. The standard InChI is InChI=1S/C22H21ClFN5O2/c1-27-11-17-16(22(27)30)8-20(26-21(17)15-4-3-14(23)7-18(15)24)29-5-6-31-19(12-29)13-9-25-28(2)10-13/h3-4,7-10,19H,5-6,11-12H2,1-2H3/t19-/m1/s1. The van der Waals surface area contributed by atoms with E-state index in [-0.39, 0.29) is 12.0 Å². The fourth-order valence-corrected chi connectivity index (χ4v) is 4.31. The molecule has 0 saturated carbocycles. The Morgan fingerprint density at radius 1 is 1.23 bits per heavy atom. The van der Waals surface area contributed by atoms with Gasteiger partial charge in [-0.3, -0.25) is 9.48 Å². The van der Waals surface area contributed by atoms with Crippen LogP contribution in [0.1, 0.15) is 27.6 Å². The summed E-state index contributed by atoms with van der Waals surface area (Å²) in [5, 5.41) is 4.54. The van der Waals surface area contributed by atoms with Gasteiger partial charge in [-0.15, -0.1) is 0 Å². The Morgan fingerprint density at radius 3 is 2.81 bits per heavy atom. The molecule has 0 unspecified atom stereocenters. The number of carbonyl (C=O) groups excluding carboxylic acids is 1. The first-order valence-electron chi connectivity index (χ1n) is 10.0. The number of benzene rings is 1. The van der Waals surface area contributed by atoms with Crippen LogP contribution in [0.25, 0.3) is 11.3 Å². The van der Waals surface area contributed by atoms with Gasteiger partial charge in [0.2, 0.25) is 0 Å². The third-order valence-corrected chi connectivity index (χ3v) is 5.99. The molecule has 1 saturated heterocycles. The van der Waals surface area contributed by atoms with Gasteiger partial charge in [0.1, 0.15) is 17.7 Å². The highest BCUT2D eigenvalue weighted by atomic mass is 35.5. The van der Waals surface area contributed by atoms with Crippen LogP contribution in [0.2, 0.25) is 5.02 Å². The number of pyridine rings is 1. The molecular formula is C22H21ClFN5O2. The number of hydrogen-bond acceptors (Lipinski definition) is 5. The molecule has 0 N–H and O–H groups in total. The van der Waals surface area contributed by atoms with E-state index >= 15 is 0 Å². The SMILES string of the molecule is CN1Cc2c(cc(N3CCO[C@@H](c4cnn(C)c4)C3)nc2-c2ccc(Cl)cc2F)C1=O. The van der Waals surface area contributed by atoms with Crippen LogP contribution < -0.4 is 4.90 Å². The summed E-state index contributed by atoms with van der Waals surface area (Å²) < 4.78 is 22.5. The minimum Gasteiger partial charge on any atom is -0.370 e. The number of halogens is 2. The summed E-state index contributed by atoms with van der Waals surface area (Å²) in [6.07, 6.45) is 3.56. The maximum absolute atomic E-state index is 14.8. The lowest BCUT2D eigenvalue weighted by Gasteiger charge is -2.33. The van der Waals surface area contributed by atoms with E-state index in [0.29, 0.717) is 53.9 Å². The molecule has 160 valence electrons. The van der Waals surface area contributed by atoms with Crippen molar-refractivity contribution in [2.45, 2.75) is 12.6 Å². The summed E-state index contributed by atoms with van der Waals surface area (Å²) in [6.45, 7) is 2.08. The van der Waals surface area contributed by atoms with E-state index in [4.69, 9.17) is 21.3 Å². The van der Waals surface area contributed by atoms with Crippen molar-refractivity contribution >= 4 is 23.3 Å². The largest absolute Gasteiger partial charge is 0.370 e. The van der Waals surface area contributed by atoms with Crippen molar-refractivity contribution in [2.24, 2.45) is 7.05 Å². The molecule has 2 aliphatic rings. The Bertz CT molecular complexity index is 1180. The van der Waals surface area contributed by atoms with Crippen molar-refractivity contribution in [2.75, 3.05) is 31.6 Å². The van der Waals surface area contributed by atoms with Crippen LogP contribution in [0.15, 0.2) is 36.7 Å². The van der Waals surface area contributed by atoms with Crippen LogP contribution in [-0.2, 0) is 18.3 Å². The molecule has 0 bridgehead atoms. The second-order valence-electron chi connectivity index (χ2n) is 7.89. The van der Waals surface area contributed by atoms with Gasteiger partial charge in [0.15, 0.2) is 0 Å². The summed E-state index contributed by atoms with van der Waals surface area (Å²) in [4.78, 5) is 21.3. The zero-order valence-corrected chi connectivity index (χ0v) is 17.9. The molecule has 5 rings (SSSR count). The summed E-state index contributed by atoms with van der Waals surface area (Å²) in [5.41, 5.74) is 3.08. The number of fused-ring (bicyclic) bond motifs is 1. The lowest BCUT2D eigenvalue weighted by atomic mass is 10.0. The van der Waals surface area contributed by atoms with E-state index in [1.165, 1.54) is 6.07 Å². The Kier molecular flexibility index (Phi) is 4.91. The minimum atomic E-state index is -0.462. The zero-order chi connectivity index (χ0) is 21.7. The second kappa shape index (κ2) is 7.62. The third-order valence-electron chi connectivity index (χ3n) is 5.76. The molecule has 1 atom stereocenters. The number of aryl methyl sites for hydroxylation is 1. The van der Waals surface area contributed by atoms with Crippen molar-refractivity contribution in [1.29, 1.82) is 0 Å².